The van der Waals surface area contributed by atoms with Gasteiger partial charge in [-0.25, -0.2) is 0 Å². The SMILES string of the molecule is CN(CC1CCCC1O)C(=O)C(=O)Nc1cccc(C(F)(F)F)c1. The number of hydrogen-bond donors (Lipinski definition) is 2. The van der Waals surface area contributed by atoms with Crippen LogP contribution in [0.1, 0.15) is 24.8 Å². The van der Waals surface area contributed by atoms with Gasteiger partial charge in [0.15, 0.2) is 0 Å². The van der Waals surface area contributed by atoms with E-state index in [1.807, 2.05) is 0 Å². The van der Waals surface area contributed by atoms with E-state index in [4.69, 9.17) is 0 Å². The Hall–Kier alpha value is -2.09. The fourth-order valence-corrected chi connectivity index (χ4v) is 2.80. The molecule has 2 rings (SSSR count). The lowest BCUT2D eigenvalue weighted by Crippen LogP contribution is -2.41. The molecule has 2 N–H and O–H groups in total. The maximum Gasteiger partial charge on any atom is 0.416 e. The Bertz CT molecular complexity index is 619. The number of amides is 2. The topological polar surface area (TPSA) is 69.6 Å². The Kier molecular flexibility index (Phi) is 5.48. The fourth-order valence-electron chi connectivity index (χ4n) is 2.80. The van der Waals surface area contributed by atoms with Crippen molar-refractivity contribution < 1.29 is 27.9 Å². The Morgan fingerprint density at radius 2 is 2.04 bits per heavy atom. The zero-order valence-corrected chi connectivity index (χ0v) is 13.1. The summed E-state index contributed by atoms with van der Waals surface area (Å²) in [7, 11) is 1.43. The average molecular weight is 344 g/mol. The van der Waals surface area contributed by atoms with Crippen molar-refractivity contribution in [3.63, 3.8) is 0 Å². The van der Waals surface area contributed by atoms with Crippen molar-refractivity contribution in [3.8, 4) is 0 Å². The van der Waals surface area contributed by atoms with Crippen molar-refractivity contribution >= 4 is 17.5 Å². The molecule has 0 saturated heterocycles. The number of nitrogens with one attached hydrogen (secondary N) is 1. The van der Waals surface area contributed by atoms with Crippen molar-refractivity contribution in [2.45, 2.75) is 31.5 Å². The van der Waals surface area contributed by atoms with E-state index in [9.17, 15) is 27.9 Å². The number of likely N-dealkylation sites (N-methyl/N-ethyl adjacent to an activating group) is 1. The van der Waals surface area contributed by atoms with E-state index in [1.165, 1.54) is 18.0 Å². The molecule has 1 aliphatic carbocycles. The second-order valence-electron chi connectivity index (χ2n) is 5.98. The van der Waals surface area contributed by atoms with Crippen LogP contribution in [0.4, 0.5) is 18.9 Å². The molecule has 1 aromatic rings. The Morgan fingerprint density at radius 3 is 2.62 bits per heavy atom. The summed E-state index contributed by atoms with van der Waals surface area (Å²) in [4.78, 5) is 25.1. The lowest BCUT2D eigenvalue weighted by Gasteiger charge is -2.22. The zero-order valence-electron chi connectivity index (χ0n) is 13.1. The molecular formula is C16H19F3N2O3. The number of carbonyl (C=O) groups excluding carboxylic acids is 2. The summed E-state index contributed by atoms with van der Waals surface area (Å²) in [6.45, 7) is 0.232. The molecule has 0 aromatic heterocycles. The van der Waals surface area contributed by atoms with Crippen LogP contribution in [0.5, 0.6) is 0 Å². The predicted octanol–water partition coefficient (Wildman–Crippen LogP) is 2.26. The normalized spacial score (nSPS) is 20.7. The van der Waals surface area contributed by atoms with Crippen LogP contribution < -0.4 is 5.32 Å². The smallest absolute Gasteiger partial charge is 0.393 e. The third-order valence-electron chi connectivity index (χ3n) is 4.12. The number of carbonyl (C=O) groups is 2. The van der Waals surface area contributed by atoms with Gasteiger partial charge >= 0.3 is 18.0 Å². The number of aliphatic hydroxyl groups excluding tert-OH is 1. The Morgan fingerprint density at radius 1 is 1.33 bits per heavy atom. The van der Waals surface area contributed by atoms with Gasteiger partial charge in [0.1, 0.15) is 0 Å². The van der Waals surface area contributed by atoms with Gasteiger partial charge < -0.3 is 15.3 Å². The quantitative estimate of drug-likeness (QED) is 0.827. The summed E-state index contributed by atoms with van der Waals surface area (Å²) in [5.74, 6) is -1.95. The Balaban J connectivity index is 1.97. The largest absolute Gasteiger partial charge is 0.416 e. The highest BCUT2D eigenvalue weighted by Gasteiger charge is 2.31. The number of alkyl halides is 3. The zero-order chi connectivity index (χ0) is 17.9. The minimum absolute atomic E-state index is 0.0830. The molecule has 8 heteroatoms. The van der Waals surface area contributed by atoms with Gasteiger partial charge in [-0.2, -0.15) is 13.2 Å². The van der Waals surface area contributed by atoms with Crippen molar-refractivity contribution in [2.75, 3.05) is 18.9 Å². The van der Waals surface area contributed by atoms with E-state index in [0.717, 1.165) is 31.0 Å². The van der Waals surface area contributed by atoms with Gasteiger partial charge in [0.25, 0.3) is 0 Å². The van der Waals surface area contributed by atoms with Crippen LogP contribution in [-0.2, 0) is 15.8 Å². The number of benzene rings is 1. The summed E-state index contributed by atoms with van der Waals surface area (Å²) in [5, 5.41) is 11.9. The van der Waals surface area contributed by atoms with Crippen LogP contribution in [0.15, 0.2) is 24.3 Å². The number of aliphatic hydroxyl groups is 1. The number of halogens is 3. The summed E-state index contributed by atoms with van der Waals surface area (Å²) >= 11 is 0. The summed E-state index contributed by atoms with van der Waals surface area (Å²) < 4.78 is 37.9. The van der Waals surface area contributed by atoms with Gasteiger partial charge in [0.05, 0.1) is 11.7 Å². The third kappa shape index (κ3) is 4.47. The van der Waals surface area contributed by atoms with Crippen molar-refractivity contribution in [1.82, 2.24) is 4.90 Å². The van der Waals surface area contributed by atoms with Gasteiger partial charge in [-0.1, -0.05) is 12.5 Å². The van der Waals surface area contributed by atoms with Gasteiger partial charge in [-0.05, 0) is 31.0 Å². The van der Waals surface area contributed by atoms with Gasteiger partial charge in [-0.15, -0.1) is 0 Å². The van der Waals surface area contributed by atoms with Crippen LogP contribution in [0.2, 0.25) is 0 Å². The summed E-state index contributed by atoms with van der Waals surface area (Å²) in [6, 6.07) is 4.08. The van der Waals surface area contributed by atoms with E-state index in [0.29, 0.717) is 6.42 Å². The van der Waals surface area contributed by atoms with Gasteiger partial charge in [-0.3, -0.25) is 9.59 Å². The average Bonchev–Trinajstić information content (AvgIpc) is 2.91. The lowest BCUT2D eigenvalue weighted by molar-refractivity contribution is -0.142. The lowest BCUT2D eigenvalue weighted by atomic mass is 10.1. The minimum atomic E-state index is -4.53. The van der Waals surface area contributed by atoms with Gasteiger partial charge in [0, 0.05) is 25.2 Å². The first-order valence-electron chi connectivity index (χ1n) is 7.60. The van der Waals surface area contributed by atoms with E-state index in [1.54, 1.807) is 0 Å². The summed E-state index contributed by atoms with van der Waals surface area (Å²) in [6.07, 6.45) is -2.71. The molecule has 132 valence electrons. The molecule has 0 aliphatic heterocycles. The molecule has 0 bridgehead atoms. The molecule has 0 heterocycles. The monoisotopic (exact) mass is 344 g/mol. The van der Waals surface area contributed by atoms with Crippen LogP contribution in [-0.4, -0.2) is 41.5 Å². The maximum absolute atomic E-state index is 12.6. The van der Waals surface area contributed by atoms with E-state index in [2.05, 4.69) is 5.32 Å². The number of anilines is 1. The van der Waals surface area contributed by atoms with Gasteiger partial charge in [0.2, 0.25) is 0 Å². The molecule has 5 nitrogen and oxygen atoms in total. The van der Waals surface area contributed by atoms with Crippen LogP contribution in [0.25, 0.3) is 0 Å². The van der Waals surface area contributed by atoms with E-state index >= 15 is 0 Å². The molecular weight excluding hydrogens is 325 g/mol. The molecule has 1 saturated carbocycles. The first kappa shape index (κ1) is 18.3. The van der Waals surface area contributed by atoms with Crippen LogP contribution in [0.3, 0.4) is 0 Å². The van der Waals surface area contributed by atoms with Crippen molar-refractivity contribution in [2.24, 2.45) is 5.92 Å². The number of hydrogen-bond acceptors (Lipinski definition) is 3. The molecule has 1 fully saturated rings. The van der Waals surface area contributed by atoms with E-state index in [-0.39, 0.29) is 18.2 Å². The first-order valence-corrected chi connectivity index (χ1v) is 7.60. The highest BCUT2D eigenvalue weighted by Crippen LogP contribution is 2.30. The van der Waals surface area contributed by atoms with Crippen LogP contribution >= 0.6 is 0 Å². The molecule has 1 aromatic carbocycles. The third-order valence-corrected chi connectivity index (χ3v) is 4.12. The highest BCUT2D eigenvalue weighted by molar-refractivity contribution is 6.39. The van der Waals surface area contributed by atoms with Crippen molar-refractivity contribution in [1.29, 1.82) is 0 Å². The predicted molar refractivity (Wildman–Crippen MR) is 81.1 cm³/mol. The Labute approximate surface area is 137 Å². The molecule has 0 radical (unpaired) electrons. The fraction of sp³-hybridized carbons (Fsp3) is 0.500. The standard InChI is InChI=1S/C16H19F3N2O3/c1-21(9-10-4-2-7-13(10)22)15(24)14(23)20-12-6-3-5-11(8-12)16(17,18)19/h3,5-6,8,10,13,22H,2,4,7,9H2,1H3,(H,20,23). The molecule has 2 atom stereocenters. The number of nitrogens with zero attached hydrogens (tertiary/aromatic N) is 1. The molecule has 1 aliphatic rings. The first-order chi connectivity index (χ1) is 11.2. The molecule has 2 unspecified atom stereocenters. The maximum atomic E-state index is 12.6. The minimum Gasteiger partial charge on any atom is -0.393 e. The van der Waals surface area contributed by atoms with E-state index < -0.39 is 29.7 Å². The highest BCUT2D eigenvalue weighted by atomic mass is 19.4. The molecule has 24 heavy (non-hydrogen) atoms. The summed E-state index contributed by atoms with van der Waals surface area (Å²) in [5.41, 5.74) is -1.01. The second kappa shape index (κ2) is 7.21. The number of rotatable bonds is 3. The van der Waals surface area contributed by atoms with Crippen LogP contribution in [0, 0.1) is 5.92 Å². The van der Waals surface area contributed by atoms with Crippen molar-refractivity contribution in [3.05, 3.63) is 29.8 Å². The molecule has 2 amide bonds. The molecule has 0 spiro atoms. The second-order valence-corrected chi connectivity index (χ2v) is 5.98.